The van der Waals surface area contributed by atoms with Crippen LogP contribution in [0.1, 0.15) is 11.3 Å². The third-order valence-corrected chi connectivity index (χ3v) is 5.04. The van der Waals surface area contributed by atoms with Crippen molar-refractivity contribution in [2.75, 3.05) is 31.9 Å². The average Bonchev–Trinajstić information content (AvgIpc) is 3.47. The molecule has 0 saturated carbocycles. The Morgan fingerprint density at radius 2 is 1.94 bits per heavy atom. The molecule has 1 aliphatic heterocycles. The second-order valence-corrected chi connectivity index (χ2v) is 7.48. The molecule has 0 atom stereocenters. The third kappa shape index (κ3) is 5.12. The largest absolute Gasteiger partial charge is 0.489 e. The van der Waals surface area contributed by atoms with E-state index in [4.69, 9.17) is 18.6 Å². The van der Waals surface area contributed by atoms with Crippen molar-refractivity contribution < 1.29 is 23.4 Å². The molecule has 3 aromatic rings. The maximum absolute atomic E-state index is 13.4. The lowest BCUT2D eigenvalue weighted by atomic mass is 10.1. The lowest BCUT2D eigenvalue weighted by Gasteiger charge is -2.26. The average molecular weight is 434 g/mol. The number of rotatable bonds is 10. The van der Waals surface area contributed by atoms with Gasteiger partial charge in [0.2, 0.25) is 12.7 Å². The molecule has 1 aromatic heterocycles. The van der Waals surface area contributed by atoms with E-state index >= 15 is 0 Å². The molecule has 0 bridgehead atoms. The molecule has 0 aliphatic carbocycles. The summed E-state index contributed by atoms with van der Waals surface area (Å²) in [6.45, 7) is 5.37. The quantitative estimate of drug-likeness (QED) is 0.445. The van der Waals surface area contributed by atoms with Crippen molar-refractivity contribution in [1.29, 1.82) is 0 Å². The summed E-state index contributed by atoms with van der Waals surface area (Å²) in [5.74, 6) is 2.76. The summed E-state index contributed by atoms with van der Waals surface area (Å²) in [5.41, 5.74) is 1.62. The van der Waals surface area contributed by atoms with Gasteiger partial charge in [-0.05, 0) is 37.4 Å². The van der Waals surface area contributed by atoms with Crippen molar-refractivity contribution >= 4 is 11.6 Å². The van der Waals surface area contributed by atoms with Crippen molar-refractivity contribution in [3.63, 3.8) is 0 Å². The Hall–Kier alpha value is -3.71. The Labute approximate surface area is 187 Å². The number of carbonyl (C=O) groups excluding carboxylic acids is 1. The number of anilines is 1. The number of carbonyl (C=O) groups is 1. The highest BCUT2D eigenvalue weighted by molar-refractivity contribution is 5.95. The van der Waals surface area contributed by atoms with Crippen LogP contribution in [0.5, 0.6) is 17.2 Å². The van der Waals surface area contributed by atoms with Crippen LogP contribution in [-0.2, 0) is 17.9 Å². The molecule has 2 heterocycles. The zero-order valence-corrected chi connectivity index (χ0v) is 18.0. The predicted octanol–water partition coefficient (Wildman–Crippen LogP) is 4.24. The first-order valence-corrected chi connectivity index (χ1v) is 10.4. The van der Waals surface area contributed by atoms with Gasteiger partial charge in [0.1, 0.15) is 18.1 Å². The van der Waals surface area contributed by atoms with Crippen molar-refractivity contribution in [2.24, 2.45) is 0 Å². The van der Waals surface area contributed by atoms with Crippen LogP contribution in [0.15, 0.2) is 77.9 Å². The Morgan fingerprint density at radius 1 is 1.09 bits per heavy atom. The molecule has 1 amide bonds. The van der Waals surface area contributed by atoms with E-state index in [1.165, 1.54) is 0 Å². The van der Waals surface area contributed by atoms with Crippen molar-refractivity contribution in [3.05, 3.63) is 84.8 Å². The number of nitrogens with zero attached hydrogens (tertiary/aromatic N) is 2. The number of hydrogen-bond donors (Lipinski definition) is 0. The molecule has 0 unspecified atom stereocenters. The number of amides is 1. The van der Waals surface area contributed by atoms with Gasteiger partial charge >= 0.3 is 0 Å². The van der Waals surface area contributed by atoms with Crippen LogP contribution in [0.4, 0.5) is 5.69 Å². The SMILES string of the molecule is C=CCOc1ccccc1CN(C(=O)CN(C)Cc1ccco1)c1ccc2c(c1)OCO2. The fraction of sp³-hybridized carbons (Fsp3) is 0.240. The van der Waals surface area contributed by atoms with E-state index in [0.717, 1.165) is 22.8 Å². The summed E-state index contributed by atoms with van der Waals surface area (Å²) >= 11 is 0. The molecule has 7 nitrogen and oxygen atoms in total. The molecule has 32 heavy (non-hydrogen) atoms. The number of fused-ring (bicyclic) bond motifs is 1. The lowest BCUT2D eigenvalue weighted by Crippen LogP contribution is -2.38. The van der Waals surface area contributed by atoms with Gasteiger partial charge in [-0.25, -0.2) is 0 Å². The number of benzene rings is 2. The number of furan rings is 1. The lowest BCUT2D eigenvalue weighted by molar-refractivity contribution is -0.119. The second kappa shape index (κ2) is 10.1. The van der Waals surface area contributed by atoms with E-state index in [-0.39, 0.29) is 19.2 Å². The van der Waals surface area contributed by atoms with Gasteiger partial charge in [-0.3, -0.25) is 9.69 Å². The van der Waals surface area contributed by atoms with Crippen LogP contribution in [0.3, 0.4) is 0 Å². The topological polar surface area (TPSA) is 64.4 Å². The molecular weight excluding hydrogens is 408 g/mol. The molecule has 166 valence electrons. The summed E-state index contributed by atoms with van der Waals surface area (Å²) < 4.78 is 22.2. The highest BCUT2D eigenvalue weighted by Gasteiger charge is 2.23. The molecule has 0 N–H and O–H groups in total. The Balaban J connectivity index is 1.58. The summed E-state index contributed by atoms with van der Waals surface area (Å²) in [6, 6.07) is 16.9. The second-order valence-electron chi connectivity index (χ2n) is 7.48. The van der Waals surface area contributed by atoms with Crippen LogP contribution >= 0.6 is 0 Å². The highest BCUT2D eigenvalue weighted by atomic mass is 16.7. The van der Waals surface area contributed by atoms with E-state index in [0.29, 0.717) is 31.2 Å². The van der Waals surface area contributed by atoms with Crippen LogP contribution in [0.2, 0.25) is 0 Å². The summed E-state index contributed by atoms with van der Waals surface area (Å²) in [4.78, 5) is 17.1. The molecule has 1 aliphatic rings. The minimum Gasteiger partial charge on any atom is -0.489 e. The Bertz CT molecular complexity index is 1060. The first kappa shape index (κ1) is 21.5. The summed E-state index contributed by atoms with van der Waals surface area (Å²) in [6.07, 6.45) is 3.32. The molecular formula is C25H26N2O5. The fourth-order valence-corrected chi connectivity index (χ4v) is 3.51. The molecule has 0 saturated heterocycles. The van der Waals surface area contributed by atoms with E-state index in [9.17, 15) is 4.79 Å². The molecule has 7 heteroatoms. The van der Waals surface area contributed by atoms with Crippen LogP contribution in [0, 0.1) is 0 Å². The van der Waals surface area contributed by atoms with Crippen molar-refractivity contribution in [2.45, 2.75) is 13.1 Å². The molecule has 4 rings (SSSR count). The molecule has 2 aromatic carbocycles. The molecule has 0 radical (unpaired) electrons. The fourth-order valence-electron chi connectivity index (χ4n) is 3.51. The third-order valence-electron chi connectivity index (χ3n) is 5.04. The van der Waals surface area contributed by atoms with E-state index in [2.05, 4.69) is 6.58 Å². The smallest absolute Gasteiger partial charge is 0.241 e. The van der Waals surface area contributed by atoms with Gasteiger partial charge in [0, 0.05) is 17.3 Å². The summed E-state index contributed by atoms with van der Waals surface area (Å²) in [5, 5.41) is 0. The van der Waals surface area contributed by atoms with Gasteiger partial charge in [-0.15, -0.1) is 0 Å². The molecule has 0 fully saturated rings. The zero-order chi connectivity index (χ0) is 22.3. The van der Waals surface area contributed by atoms with Gasteiger partial charge < -0.3 is 23.5 Å². The van der Waals surface area contributed by atoms with Gasteiger partial charge in [-0.1, -0.05) is 30.9 Å². The maximum Gasteiger partial charge on any atom is 0.241 e. The van der Waals surface area contributed by atoms with E-state index in [1.807, 2.05) is 66.5 Å². The number of para-hydroxylation sites is 1. The van der Waals surface area contributed by atoms with Gasteiger partial charge in [0.05, 0.1) is 25.9 Å². The monoisotopic (exact) mass is 434 g/mol. The van der Waals surface area contributed by atoms with Crippen molar-refractivity contribution in [1.82, 2.24) is 4.90 Å². The predicted molar refractivity (Wildman–Crippen MR) is 121 cm³/mol. The van der Waals surface area contributed by atoms with Crippen LogP contribution in [-0.4, -0.2) is 37.8 Å². The summed E-state index contributed by atoms with van der Waals surface area (Å²) in [7, 11) is 1.89. The molecule has 0 spiro atoms. The number of hydrogen-bond acceptors (Lipinski definition) is 6. The minimum absolute atomic E-state index is 0.0588. The Kier molecular flexibility index (Phi) is 6.77. The van der Waals surface area contributed by atoms with Gasteiger partial charge in [0.15, 0.2) is 11.5 Å². The van der Waals surface area contributed by atoms with Gasteiger partial charge in [0.25, 0.3) is 0 Å². The van der Waals surface area contributed by atoms with Crippen LogP contribution in [0.25, 0.3) is 0 Å². The standard InChI is InChI=1S/C25H26N2O5/c1-3-12-30-22-9-5-4-7-19(22)15-27(20-10-11-23-24(14-20)32-18-31-23)25(28)17-26(2)16-21-8-6-13-29-21/h3-11,13-14H,1,12,15-18H2,2H3. The first-order chi connectivity index (χ1) is 15.6. The number of likely N-dealkylation sites (N-methyl/N-ethyl adjacent to an activating group) is 1. The normalized spacial score (nSPS) is 12.1. The van der Waals surface area contributed by atoms with E-state index in [1.54, 1.807) is 17.2 Å². The van der Waals surface area contributed by atoms with Crippen LogP contribution < -0.4 is 19.1 Å². The minimum atomic E-state index is -0.0588. The zero-order valence-electron chi connectivity index (χ0n) is 18.0. The maximum atomic E-state index is 13.4. The Morgan fingerprint density at radius 3 is 2.75 bits per heavy atom. The first-order valence-electron chi connectivity index (χ1n) is 10.4. The van der Waals surface area contributed by atoms with E-state index < -0.39 is 0 Å². The van der Waals surface area contributed by atoms with Crippen molar-refractivity contribution in [3.8, 4) is 17.2 Å². The van der Waals surface area contributed by atoms with Gasteiger partial charge in [-0.2, -0.15) is 0 Å². The number of ether oxygens (including phenoxy) is 3. The highest BCUT2D eigenvalue weighted by Crippen LogP contribution is 2.36.